The largest absolute Gasteiger partial charge is 0.0564 e. The minimum absolute atomic E-state index is 0.469. The highest BCUT2D eigenvalue weighted by Gasteiger charge is 2.30. The number of benzene rings is 1. The fourth-order valence-electron chi connectivity index (χ4n) is 2.77. The van der Waals surface area contributed by atoms with E-state index in [0.29, 0.717) is 5.41 Å². The summed E-state index contributed by atoms with van der Waals surface area (Å²) in [6.07, 6.45) is 5.55. The zero-order valence-electron chi connectivity index (χ0n) is 9.56. The summed E-state index contributed by atoms with van der Waals surface area (Å²) in [6, 6.07) is 7.01. The second-order valence-electron chi connectivity index (χ2n) is 5.14. The molecule has 0 atom stereocenters. The van der Waals surface area contributed by atoms with Gasteiger partial charge in [-0.1, -0.05) is 49.1 Å². The molecule has 1 aliphatic rings. The minimum atomic E-state index is 0.469. The first-order chi connectivity index (χ1) is 6.60. The summed E-state index contributed by atoms with van der Waals surface area (Å²) in [7, 11) is 0. The summed E-state index contributed by atoms with van der Waals surface area (Å²) in [4.78, 5) is 0. The maximum absolute atomic E-state index is 2.42. The van der Waals surface area contributed by atoms with Crippen LogP contribution in [0.5, 0.6) is 0 Å². The molecule has 0 amide bonds. The Hall–Kier alpha value is -0.780. The molecule has 1 aromatic rings. The molecule has 0 nitrogen and oxygen atoms in total. The SMILES string of the molecule is Cc1cc(C)cc(C2(C)CCCC2)c1. The van der Waals surface area contributed by atoms with Gasteiger partial charge >= 0.3 is 0 Å². The van der Waals surface area contributed by atoms with Crippen LogP contribution in [0, 0.1) is 13.8 Å². The molecule has 0 spiro atoms. The Balaban J connectivity index is 2.40. The summed E-state index contributed by atoms with van der Waals surface area (Å²) in [5.41, 5.74) is 4.85. The highest BCUT2D eigenvalue weighted by molar-refractivity contribution is 5.34. The van der Waals surface area contributed by atoms with Gasteiger partial charge in [0, 0.05) is 0 Å². The van der Waals surface area contributed by atoms with E-state index in [9.17, 15) is 0 Å². The first-order valence-electron chi connectivity index (χ1n) is 5.69. The quantitative estimate of drug-likeness (QED) is 0.621. The van der Waals surface area contributed by atoms with E-state index in [0.717, 1.165) is 0 Å². The Morgan fingerprint density at radius 3 is 1.93 bits per heavy atom. The fourth-order valence-corrected chi connectivity index (χ4v) is 2.77. The molecule has 2 rings (SSSR count). The number of aryl methyl sites for hydroxylation is 2. The van der Waals surface area contributed by atoms with Crippen molar-refractivity contribution < 1.29 is 0 Å². The molecule has 0 N–H and O–H groups in total. The highest BCUT2D eigenvalue weighted by Crippen LogP contribution is 2.40. The maximum Gasteiger partial charge on any atom is -0.00751 e. The molecule has 1 fully saturated rings. The Bertz CT molecular complexity index is 310. The molecule has 1 aromatic carbocycles. The van der Waals surface area contributed by atoms with Crippen molar-refractivity contribution in [1.29, 1.82) is 0 Å². The summed E-state index contributed by atoms with van der Waals surface area (Å²) >= 11 is 0. The monoisotopic (exact) mass is 188 g/mol. The number of hydrogen-bond acceptors (Lipinski definition) is 0. The predicted octanol–water partition coefficient (Wildman–Crippen LogP) is 4.14. The smallest absolute Gasteiger partial charge is 0.00751 e. The van der Waals surface area contributed by atoms with Gasteiger partial charge in [-0.25, -0.2) is 0 Å². The van der Waals surface area contributed by atoms with Crippen molar-refractivity contribution in [2.75, 3.05) is 0 Å². The minimum Gasteiger partial charge on any atom is -0.0564 e. The second-order valence-corrected chi connectivity index (χ2v) is 5.14. The zero-order chi connectivity index (χ0) is 10.2. The molecule has 0 aromatic heterocycles. The number of rotatable bonds is 1. The van der Waals surface area contributed by atoms with Gasteiger partial charge in [0.15, 0.2) is 0 Å². The number of hydrogen-bond donors (Lipinski definition) is 0. The fraction of sp³-hybridized carbons (Fsp3) is 0.571. The summed E-state index contributed by atoms with van der Waals surface area (Å²) < 4.78 is 0. The third-order valence-corrected chi connectivity index (χ3v) is 3.63. The van der Waals surface area contributed by atoms with Crippen molar-refractivity contribution >= 4 is 0 Å². The standard InChI is InChI=1S/C14H20/c1-11-8-12(2)10-13(9-11)14(3)6-4-5-7-14/h8-10H,4-7H2,1-3H3. The summed E-state index contributed by atoms with van der Waals surface area (Å²) in [6.45, 7) is 6.83. The molecular weight excluding hydrogens is 168 g/mol. The normalized spacial score (nSPS) is 19.9. The van der Waals surface area contributed by atoms with Gasteiger partial charge in [-0.2, -0.15) is 0 Å². The molecular formula is C14H20. The van der Waals surface area contributed by atoms with E-state index in [2.05, 4.69) is 39.0 Å². The second kappa shape index (κ2) is 3.42. The molecule has 76 valence electrons. The summed E-state index contributed by atoms with van der Waals surface area (Å²) in [5, 5.41) is 0. The van der Waals surface area contributed by atoms with Crippen LogP contribution in [0.4, 0.5) is 0 Å². The first kappa shape index (κ1) is 9.76. The van der Waals surface area contributed by atoms with E-state index in [1.165, 1.54) is 36.8 Å². The van der Waals surface area contributed by atoms with Gasteiger partial charge in [0.25, 0.3) is 0 Å². The van der Waals surface area contributed by atoms with Gasteiger partial charge in [-0.05, 0) is 37.7 Å². The van der Waals surface area contributed by atoms with E-state index in [-0.39, 0.29) is 0 Å². The Labute approximate surface area is 87.3 Å². The third kappa shape index (κ3) is 1.70. The van der Waals surface area contributed by atoms with E-state index in [4.69, 9.17) is 0 Å². The van der Waals surface area contributed by atoms with Crippen LogP contribution in [-0.2, 0) is 5.41 Å². The van der Waals surface area contributed by atoms with Crippen LogP contribution in [0.15, 0.2) is 18.2 Å². The topological polar surface area (TPSA) is 0 Å². The van der Waals surface area contributed by atoms with E-state index < -0.39 is 0 Å². The average molecular weight is 188 g/mol. The van der Waals surface area contributed by atoms with Crippen molar-refractivity contribution in [2.24, 2.45) is 0 Å². The van der Waals surface area contributed by atoms with Gasteiger partial charge in [-0.3, -0.25) is 0 Å². The van der Waals surface area contributed by atoms with Crippen molar-refractivity contribution in [1.82, 2.24) is 0 Å². The van der Waals surface area contributed by atoms with Crippen LogP contribution in [0.3, 0.4) is 0 Å². The molecule has 0 bridgehead atoms. The molecule has 0 aliphatic heterocycles. The Morgan fingerprint density at radius 2 is 1.43 bits per heavy atom. The Kier molecular flexibility index (Phi) is 2.38. The third-order valence-electron chi connectivity index (χ3n) is 3.63. The van der Waals surface area contributed by atoms with Crippen molar-refractivity contribution in [3.05, 3.63) is 34.9 Å². The lowest BCUT2D eigenvalue weighted by atomic mass is 9.80. The van der Waals surface area contributed by atoms with Crippen LogP contribution in [0.25, 0.3) is 0 Å². The van der Waals surface area contributed by atoms with Crippen molar-refractivity contribution in [3.63, 3.8) is 0 Å². The van der Waals surface area contributed by atoms with Gasteiger partial charge in [0.05, 0.1) is 0 Å². The van der Waals surface area contributed by atoms with E-state index >= 15 is 0 Å². The summed E-state index contributed by atoms with van der Waals surface area (Å²) in [5.74, 6) is 0. The van der Waals surface area contributed by atoms with Crippen molar-refractivity contribution in [3.8, 4) is 0 Å². The highest BCUT2D eigenvalue weighted by atomic mass is 14.3. The molecule has 0 heteroatoms. The van der Waals surface area contributed by atoms with Crippen LogP contribution in [0.2, 0.25) is 0 Å². The zero-order valence-corrected chi connectivity index (χ0v) is 9.56. The van der Waals surface area contributed by atoms with Crippen LogP contribution in [0.1, 0.15) is 49.3 Å². The molecule has 0 radical (unpaired) electrons. The maximum atomic E-state index is 2.42. The lowest BCUT2D eigenvalue weighted by Gasteiger charge is -2.25. The first-order valence-corrected chi connectivity index (χ1v) is 5.69. The van der Waals surface area contributed by atoms with Crippen LogP contribution >= 0.6 is 0 Å². The molecule has 14 heavy (non-hydrogen) atoms. The lowest BCUT2D eigenvalue weighted by molar-refractivity contribution is 0.491. The van der Waals surface area contributed by atoms with E-state index in [1.54, 1.807) is 5.56 Å². The molecule has 1 saturated carbocycles. The lowest BCUT2D eigenvalue weighted by Crippen LogP contribution is -2.16. The predicted molar refractivity (Wildman–Crippen MR) is 61.7 cm³/mol. The molecule has 0 saturated heterocycles. The van der Waals surface area contributed by atoms with E-state index in [1.807, 2.05) is 0 Å². The molecule has 0 unspecified atom stereocenters. The average Bonchev–Trinajstić information content (AvgIpc) is 2.52. The molecule has 0 heterocycles. The van der Waals surface area contributed by atoms with Crippen molar-refractivity contribution in [2.45, 2.75) is 51.9 Å². The Morgan fingerprint density at radius 1 is 0.929 bits per heavy atom. The van der Waals surface area contributed by atoms with Gasteiger partial charge in [0.2, 0.25) is 0 Å². The van der Waals surface area contributed by atoms with Gasteiger partial charge in [0.1, 0.15) is 0 Å². The molecule has 1 aliphatic carbocycles. The van der Waals surface area contributed by atoms with Crippen LogP contribution in [-0.4, -0.2) is 0 Å². The van der Waals surface area contributed by atoms with Gasteiger partial charge < -0.3 is 0 Å². The van der Waals surface area contributed by atoms with Crippen LogP contribution < -0.4 is 0 Å². The van der Waals surface area contributed by atoms with Gasteiger partial charge in [-0.15, -0.1) is 0 Å².